The smallest absolute Gasteiger partial charge is 0.349 e. The molecule has 0 unspecified atom stereocenters. The molecule has 2 aliphatic heterocycles. The molecule has 1 saturated heterocycles. The number of nitrogens with one attached hydrogen (secondary N) is 1. The van der Waals surface area contributed by atoms with Gasteiger partial charge in [-0.05, 0) is 36.6 Å². The van der Waals surface area contributed by atoms with Crippen molar-refractivity contribution in [1.29, 1.82) is 0 Å². The van der Waals surface area contributed by atoms with Crippen molar-refractivity contribution in [2.24, 2.45) is 0 Å². The third-order valence-electron chi connectivity index (χ3n) is 8.09. The Hall–Kier alpha value is -4.72. The topological polar surface area (TPSA) is 126 Å². The lowest BCUT2D eigenvalue weighted by Crippen LogP contribution is -2.49. The SMILES string of the molecule is C=CC(=O)N1CCN(c2nc(=O)n3c4nc(c(F)cc24)-c2c(F)cccc2NC(=O)CSc2ncnc(C(C)C)c2-3)[C@H]2C[C@H]21. The first-order valence-electron chi connectivity index (χ1n) is 14.1. The van der Waals surface area contributed by atoms with E-state index < -0.39 is 23.2 Å². The lowest BCUT2D eigenvalue weighted by molar-refractivity contribution is -0.127. The summed E-state index contributed by atoms with van der Waals surface area (Å²) in [6, 6.07) is 5.00. The Bertz CT molecular complexity index is 1970. The normalized spacial score (nSPS) is 19.1. The summed E-state index contributed by atoms with van der Waals surface area (Å²) in [6.07, 6.45) is 3.29. The second-order valence-corrected chi connectivity index (χ2v) is 12.1. The van der Waals surface area contributed by atoms with Gasteiger partial charge in [-0.2, -0.15) is 4.98 Å². The minimum atomic E-state index is -0.862. The van der Waals surface area contributed by atoms with Crippen molar-refractivity contribution in [3.63, 3.8) is 0 Å². The van der Waals surface area contributed by atoms with Crippen LogP contribution >= 0.6 is 11.8 Å². The van der Waals surface area contributed by atoms with Gasteiger partial charge >= 0.3 is 5.69 Å². The van der Waals surface area contributed by atoms with Gasteiger partial charge in [-0.3, -0.25) is 9.59 Å². The molecule has 1 aromatic carbocycles. The number of piperazine rings is 1. The Morgan fingerprint density at radius 2 is 1.95 bits per heavy atom. The predicted octanol–water partition coefficient (Wildman–Crippen LogP) is 3.66. The molecule has 3 aliphatic rings. The molecular formula is C30H26F2N8O3S. The van der Waals surface area contributed by atoms with Crippen molar-refractivity contribution < 1.29 is 18.4 Å². The van der Waals surface area contributed by atoms with Gasteiger partial charge < -0.3 is 15.1 Å². The highest BCUT2D eigenvalue weighted by atomic mass is 32.2. The number of hydrogen-bond acceptors (Lipinski definition) is 9. The Morgan fingerprint density at radius 1 is 1.14 bits per heavy atom. The minimum Gasteiger partial charge on any atom is -0.349 e. The molecule has 1 aliphatic carbocycles. The number of halogens is 2. The average Bonchev–Trinajstić information content (AvgIpc) is 3.80. The maximum absolute atomic E-state index is 16.1. The number of hydrogen-bond donors (Lipinski definition) is 1. The monoisotopic (exact) mass is 616 g/mol. The zero-order chi connectivity index (χ0) is 30.9. The van der Waals surface area contributed by atoms with Crippen LogP contribution in [0.15, 0.2) is 53.1 Å². The third-order valence-corrected chi connectivity index (χ3v) is 9.07. The number of fused-ring (bicyclic) bond motifs is 6. The highest BCUT2D eigenvalue weighted by Gasteiger charge is 2.51. The van der Waals surface area contributed by atoms with Crippen LogP contribution in [0, 0.1) is 11.6 Å². The molecular weight excluding hydrogens is 590 g/mol. The van der Waals surface area contributed by atoms with Gasteiger partial charge in [0, 0.05) is 13.1 Å². The summed E-state index contributed by atoms with van der Waals surface area (Å²) in [5.41, 5.74) is -0.476. The number of rotatable bonds is 3. The first-order valence-corrected chi connectivity index (χ1v) is 15.1. The highest BCUT2D eigenvalue weighted by Crippen LogP contribution is 2.42. The Labute approximate surface area is 254 Å². The van der Waals surface area contributed by atoms with E-state index in [1.165, 1.54) is 35.2 Å². The zero-order valence-electron chi connectivity index (χ0n) is 23.8. The number of thioether (sulfide) groups is 1. The largest absolute Gasteiger partial charge is 0.355 e. The van der Waals surface area contributed by atoms with Crippen LogP contribution in [-0.4, -0.2) is 72.1 Å². The van der Waals surface area contributed by atoms with Crippen LogP contribution in [0.1, 0.15) is 31.9 Å². The summed E-state index contributed by atoms with van der Waals surface area (Å²) in [5.74, 6) is -2.39. The number of aromatic nitrogens is 5. The Balaban J connectivity index is 1.54. The van der Waals surface area contributed by atoms with Crippen molar-refractivity contribution >= 4 is 46.1 Å². The lowest BCUT2D eigenvalue weighted by atomic mass is 10.1. The summed E-state index contributed by atoms with van der Waals surface area (Å²) >= 11 is 1.08. The van der Waals surface area contributed by atoms with Gasteiger partial charge in [-0.1, -0.05) is 38.3 Å². The van der Waals surface area contributed by atoms with Crippen LogP contribution in [-0.2, 0) is 9.59 Å². The molecule has 224 valence electrons. The summed E-state index contributed by atoms with van der Waals surface area (Å²) in [7, 11) is 0. The van der Waals surface area contributed by atoms with Gasteiger partial charge in [-0.15, -0.1) is 0 Å². The van der Waals surface area contributed by atoms with Crippen LogP contribution in [0.5, 0.6) is 0 Å². The molecule has 14 heteroatoms. The van der Waals surface area contributed by atoms with E-state index in [1.807, 2.05) is 18.7 Å². The highest BCUT2D eigenvalue weighted by molar-refractivity contribution is 8.00. The van der Waals surface area contributed by atoms with E-state index in [2.05, 4.69) is 31.8 Å². The van der Waals surface area contributed by atoms with E-state index in [9.17, 15) is 14.4 Å². The maximum Gasteiger partial charge on any atom is 0.355 e. The van der Waals surface area contributed by atoms with Gasteiger partial charge in [0.2, 0.25) is 11.8 Å². The third kappa shape index (κ3) is 4.43. The number of carbonyl (C=O) groups excluding carboxylic acids is 2. The van der Waals surface area contributed by atoms with E-state index in [0.717, 1.165) is 17.8 Å². The van der Waals surface area contributed by atoms with Gasteiger partial charge in [0.25, 0.3) is 0 Å². The van der Waals surface area contributed by atoms with E-state index in [0.29, 0.717) is 30.2 Å². The molecule has 5 heterocycles. The molecule has 44 heavy (non-hydrogen) atoms. The molecule has 2 bridgehead atoms. The van der Waals surface area contributed by atoms with Crippen LogP contribution in [0.25, 0.3) is 28.0 Å². The van der Waals surface area contributed by atoms with E-state index in [4.69, 9.17) is 0 Å². The fraction of sp³-hybridized carbons (Fsp3) is 0.300. The first-order chi connectivity index (χ1) is 21.2. The average molecular weight is 617 g/mol. The van der Waals surface area contributed by atoms with Crippen molar-refractivity contribution in [2.45, 2.75) is 43.3 Å². The fourth-order valence-corrected chi connectivity index (χ4v) is 6.84. The lowest BCUT2D eigenvalue weighted by Gasteiger charge is -2.35. The van der Waals surface area contributed by atoms with E-state index in [-0.39, 0.29) is 69.1 Å². The van der Waals surface area contributed by atoms with Crippen molar-refractivity contribution in [2.75, 3.05) is 29.1 Å². The van der Waals surface area contributed by atoms with Gasteiger partial charge in [0.1, 0.15) is 34.4 Å². The van der Waals surface area contributed by atoms with Gasteiger partial charge in [0.15, 0.2) is 11.5 Å². The molecule has 1 saturated carbocycles. The molecule has 0 spiro atoms. The van der Waals surface area contributed by atoms with Crippen LogP contribution in [0.2, 0.25) is 0 Å². The van der Waals surface area contributed by atoms with Crippen LogP contribution in [0.3, 0.4) is 0 Å². The quantitative estimate of drug-likeness (QED) is 0.271. The molecule has 3 aromatic heterocycles. The first kappa shape index (κ1) is 28.1. The van der Waals surface area contributed by atoms with E-state index in [1.54, 1.807) is 4.90 Å². The second-order valence-electron chi connectivity index (χ2n) is 11.1. The fourth-order valence-electron chi connectivity index (χ4n) is 6.04. The molecule has 4 aromatic rings. The number of pyridine rings is 1. The second kappa shape index (κ2) is 10.5. The Kier molecular flexibility index (Phi) is 6.68. The molecule has 2 atom stereocenters. The zero-order valence-corrected chi connectivity index (χ0v) is 24.6. The van der Waals surface area contributed by atoms with Crippen LogP contribution < -0.4 is 15.9 Å². The molecule has 2 fully saturated rings. The minimum absolute atomic E-state index is 0.0397. The molecule has 2 amide bonds. The number of anilines is 2. The Morgan fingerprint density at radius 3 is 2.73 bits per heavy atom. The van der Waals surface area contributed by atoms with Crippen molar-refractivity contribution in [3.05, 3.63) is 71.1 Å². The molecule has 0 radical (unpaired) electrons. The summed E-state index contributed by atoms with van der Waals surface area (Å²) < 4.78 is 32.8. The number of nitrogens with zero attached hydrogens (tertiary/aromatic N) is 7. The standard InChI is InChI=1S/C30H26F2N8O3S/c1-4-22(42)38-8-9-39(20-11-19(20)38)27-15-10-17(32)25-23-16(31)6-5-7-18(23)35-21(41)12-44-29-26(24(14(2)3)33-13-34-29)40(28(15)36-25)30(43)37-27/h4-7,10,13-14,19-20H,1,8-9,11-12H2,2-3H3,(H,35,41)/t19-,20+/m1/s1. The maximum atomic E-state index is 16.1. The number of benzene rings is 1. The number of amides is 2. The summed E-state index contributed by atoms with van der Waals surface area (Å²) in [4.78, 5) is 61.0. The predicted molar refractivity (Wildman–Crippen MR) is 161 cm³/mol. The number of carbonyl (C=O) groups is 2. The van der Waals surface area contributed by atoms with Crippen LogP contribution in [0.4, 0.5) is 20.3 Å². The van der Waals surface area contributed by atoms with Crippen molar-refractivity contribution in [3.8, 4) is 16.9 Å². The van der Waals surface area contributed by atoms with Crippen molar-refractivity contribution in [1.82, 2.24) is 29.4 Å². The van der Waals surface area contributed by atoms with Gasteiger partial charge in [0.05, 0.1) is 40.2 Å². The molecule has 11 nitrogen and oxygen atoms in total. The summed E-state index contributed by atoms with van der Waals surface area (Å²) in [6.45, 7) is 8.10. The molecule has 7 rings (SSSR count). The summed E-state index contributed by atoms with van der Waals surface area (Å²) in [5, 5.41) is 3.24. The van der Waals surface area contributed by atoms with Gasteiger partial charge in [-0.25, -0.2) is 33.1 Å². The molecule has 1 N–H and O–H groups in total. The van der Waals surface area contributed by atoms with E-state index >= 15 is 8.78 Å².